The molecule has 5 heteroatoms. The SMILES string of the molecule is CC(C)n1ncnc1CC(O)C(C)(C)N1CCCC1. The zero-order valence-corrected chi connectivity index (χ0v) is 12.5. The van der Waals surface area contributed by atoms with Crippen LogP contribution in [0.4, 0.5) is 0 Å². The van der Waals surface area contributed by atoms with Crippen LogP contribution in [0.3, 0.4) is 0 Å². The minimum Gasteiger partial charge on any atom is -0.391 e. The second-order valence-electron chi connectivity index (χ2n) is 6.28. The average molecular weight is 266 g/mol. The molecule has 0 radical (unpaired) electrons. The predicted octanol–water partition coefficient (Wildman–Crippen LogP) is 1.64. The number of hydrogen-bond donors (Lipinski definition) is 1. The van der Waals surface area contributed by atoms with Gasteiger partial charge in [0, 0.05) is 18.0 Å². The van der Waals surface area contributed by atoms with Gasteiger partial charge in [-0.3, -0.25) is 4.90 Å². The zero-order chi connectivity index (χ0) is 14.0. The van der Waals surface area contributed by atoms with Gasteiger partial charge in [-0.05, 0) is 53.6 Å². The molecule has 0 aliphatic carbocycles. The molecule has 19 heavy (non-hydrogen) atoms. The molecule has 0 spiro atoms. The minimum atomic E-state index is -0.424. The summed E-state index contributed by atoms with van der Waals surface area (Å²) in [5, 5.41) is 14.8. The smallest absolute Gasteiger partial charge is 0.138 e. The first kappa shape index (κ1) is 14.5. The molecule has 5 nitrogen and oxygen atoms in total. The van der Waals surface area contributed by atoms with Gasteiger partial charge >= 0.3 is 0 Å². The molecule has 2 rings (SSSR count). The van der Waals surface area contributed by atoms with Gasteiger partial charge in [0.05, 0.1) is 6.10 Å². The topological polar surface area (TPSA) is 54.2 Å². The zero-order valence-electron chi connectivity index (χ0n) is 12.5. The van der Waals surface area contributed by atoms with E-state index in [4.69, 9.17) is 0 Å². The lowest BCUT2D eigenvalue weighted by Gasteiger charge is -2.39. The van der Waals surface area contributed by atoms with Gasteiger partial charge in [-0.25, -0.2) is 9.67 Å². The van der Waals surface area contributed by atoms with Crippen molar-refractivity contribution in [2.75, 3.05) is 13.1 Å². The maximum atomic E-state index is 10.6. The third-order valence-corrected chi connectivity index (χ3v) is 4.25. The molecule has 1 unspecified atom stereocenters. The fraction of sp³-hybridized carbons (Fsp3) is 0.857. The molecule has 108 valence electrons. The molecule has 2 heterocycles. The van der Waals surface area contributed by atoms with Gasteiger partial charge in [0.25, 0.3) is 0 Å². The standard InChI is InChI=1S/C14H26N4O/c1-11(2)18-13(15-10-16-18)9-12(19)14(3,4)17-7-5-6-8-17/h10-12,19H,5-9H2,1-4H3. The summed E-state index contributed by atoms with van der Waals surface area (Å²) in [5.74, 6) is 0.870. The molecular formula is C14H26N4O. The summed E-state index contributed by atoms with van der Waals surface area (Å²) < 4.78 is 1.89. The lowest BCUT2D eigenvalue weighted by Crippen LogP contribution is -2.52. The Hall–Kier alpha value is -0.940. The van der Waals surface area contributed by atoms with Crippen molar-refractivity contribution in [2.45, 2.75) is 64.6 Å². The quantitative estimate of drug-likeness (QED) is 0.880. The largest absolute Gasteiger partial charge is 0.391 e. The molecule has 1 aromatic rings. The monoisotopic (exact) mass is 266 g/mol. The van der Waals surface area contributed by atoms with Crippen LogP contribution in [0.2, 0.25) is 0 Å². The van der Waals surface area contributed by atoms with Gasteiger partial charge in [-0.15, -0.1) is 0 Å². The van der Waals surface area contributed by atoms with Crippen LogP contribution in [-0.4, -0.2) is 49.5 Å². The Bertz CT molecular complexity index is 407. The van der Waals surface area contributed by atoms with Crippen molar-refractivity contribution in [3.63, 3.8) is 0 Å². The van der Waals surface area contributed by atoms with Crippen LogP contribution in [0.25, 0.3) is 0 Å². The number of aliphatic hydroxyl groups is 1. The summed E-state index contributed by atoms with van der Waals surface area (Å²) in [6.45, 7) is 10.6. The highest BCUT2D eigenvalue weighted by Gasteiger charge is 2.36. The van der Waals surface area contributed by atoms with Crippen molar-refractivity contribution in [1.29, 1.82) is 0 Å². The molecule has 0 bridgehead atoms. The summed E-state index contributed by atoms with van der Waals surface area (Å²) in [4.78, 5) is 6.67. The molecule has 1 aliphatic rings. The van der Waals surface area contributed by atoms with E-state index < -0.39 is 6.10 Å². The maximum absolute atomic E-state index is 10.6. The summed E-state index contributed by atoms with van der Waals surface area (Å²) in [7, 11) is 0. The second kappa shape index (κ2) is 5.59. The van der Waals surface area contributed by atoms with Gasteiger partial charge in [-0.2, -0.15) is 5.10 Å². The van der Waals surface area contributed by atoms with Crippen molar-refractivity contribution in [1.82, 2.24) is 19.7 Å². The fourth-order valence-corrected chi connectivity index (χ4v) is 2.78. The number of aromatic nitrogens is 3. The first-order chi connectivity index (χ1) is 8.93. The van der Waals surface area contributed by atoms with Crippen LogP contribution in [0.5, 0.6) is 0 Å². The Morgan fingerprint density at radius 2 is 1.95 bits per heavy atom. The van der Waals surface area contributed by atoms with Crippen LogP contribution in [0, 0.1) is 0 Å². The number of rotatable bonds is 5. The molecule has 1 aromatic heterocycles. The van der Waals surface area contributed by atoms with Crippen LogP contribution in [0.15, 0.2) is 6.33 Å². The predicted molar refractivity (Wildman–Crippen MR) is 75.0 cm³/mol. The van der Waals surface area contributed by atoms with E-state index in [-0.39, 0.29) is 11.6 Å². The summed E-state index contributed by atoms with van der Waals surface area (Å²) in [6, 6.07) is 0.277. The molecule has 0 amide bonds. The summed E-state index contributed by atoms with van der Waals surface area (Å²) in [6.07, 6.45) is 4.18. The molecular weight excluding hydrogens is 240 g/mol. The van der Waals surface area contributed by atoms with Gasteiger partial charge in [0.15, 0.2) is 0 Å². The van der Waals surface area contributed by atoms with Gasteiger partial charge < -0.3 is 5.11 Å². The third kappa shape index (κ3) is 2.98. The van der Waals surface area contributed by atoms with Crippen molar-refractivity contribution >= 4 is 0 Å². The van der Waals surface area contributed by atoms with Crippen molar-refractivity contribution in [3.05, 3.63) is 12.2 Å². The highest BCUT2D eigenvalue weighted by Crippen LogP contribution is 2.26. The summed E-state index contributed by atoms with van der Waals surface area (Å²) in [5.41, 5.74) is -0.204. The summed E-state index contributed by atoms with van der Waals surface area (Å²) >= 11 is 0. The van der Waals surface area contributed by atoms with Crippen molar-refractivity contribution in [3.8, 4) is 0 Å². The normalized spacial score (nSPS) is 19.3. The highest BCUT2D eigenvalue weighted by molar-refractivity contribution is 4.98. The number of aliphatic hydroxyl groups excluding tert-OH is 1. The highest BCUT2D eigenvalue weighted by atomic mass is 16.3. The van der Waals surface area contributed by atoms with Crippen molar-refractivity contribution in [2.24, 2.45) is 0 Å². The molecule has 1 fully saturated rings. The van der Waals surface area contributed by atoms with Crippen LogP contribution in [-0.2, 0) is 6.42 Å². The minimum absolute atomic E-state index is 0.204. The second-order valence-corrected chi connectivity index (χ2v) is 6.28. The Balaban J connectivity index is 2.07. The van der Waals surface area contributed by atoms with E-state index in [9.17, 15) is 5.11 Å². The Morgan fingerprint density at radius 3 is 2.53 bits per heavy atom. The molecule has 0 saturated carbocycles. The first-order valence-electron chi connectivity index (χ1n) is 7.24. The average Bonchev–Trinajstić information content (AvgIpc) is 2.99. The van der Waals surface area contributed by atoms with Crippen LogP contribution < -0.4 is 0 Å². The first-order valence-corrected chi connectivity index (χ1v) is 7.24. The van der Waals surface area contributed by atoms with E-state index >= 15 is 0 Å². The van der Waals surface area contributed by atoms with Crippen molar-refractivity contribution < 1.29 is 5.11 Å². The molecule has 0 aromatic carbocycles. The molecule has 1 aliphatic heterocycles. The number of likely N-dealkylation sites (tertiary alicyclic amines) is 1. The molecule has 1 atom stereocenters. The molecule has 1 saturated heterocycles. The van der Waals surface area contributed by atoms with Gasteiger partial charge in [0.1, 0.15) is 12.2 Å². The van der Waals surface area contributed by atoms with E-state index in [2.05, 4.69) is 42.7 Å². The van der Waals surface area contributed by atoms with Gasteiger partial charge in [0.2, 0.25) is 0 Å². The lowest BCUT2D eigenvalue weighted by molar-refractivity contribution is 0.00160. The van der Waals surface area contributed by atoms with E-state index in [0.717, 1.165) is 18.9 Å². The Kier molecular flexibility index (Phi) is 4.26. The van der Waals surface area contributed by atoms with E-state index in [1.165, 1.54) is 12.8 Å². The third-order valence-electron chi connectivity index (χ3n) is 4.25. The van der Waals surface area contributed by atoms with Crippen LogP contribution >= 0.6 is 0 Å². The van der Waals surface area contributed by atoms with E-state index in [0.29, 0.717) is 6.42 Å². The van der Waals surface area contributed by atoms with E-state index in [1.807, 2.05) is 4.68 Å². The van der Waals surface area contributed by atoms with Gasteiger partial charge in [-0.1, -0.05) is 0 Å². The lowest BCUT2D eigenvalue weighted by atomic mass is 9.92. The van der Waals surface area contributed by atoms with Crippen LogP contribution in [0.1, 0.15) is 52.4 Å². The Labute approximate surface area is 115 Å². The number of nitrogens with zero attached hydrogens (tertiary/aromatic N) is 4. The Morgan fingerprint density at radius 1 is 1.32 bits per heavy atom. The number of hydrogen-bond acceptors (Lipinski definition) is 4. The fourth-order valence-electron chi connectivity index (χ4n) is 2.78. The maximum Gasteiger partial charge on any atom is 0.138 e. The van der Waals surface area contributed by atoms with E-state index in [1.54, 1.807) is 6.33 Å². The molecule has 1 N–H and O–H groups in total.